The predicted octanol–water partition coefficient (Wildman–Crippen LogP) is 3.88. The van der Waals surface area contributed by atoms with E-state index in [9.17, 15) is 0 Å². The summed E-state index contributed by atoms with van der Waals surface area (Å²) in [4.78, 5) is 4.37. The van der Waals surface area contributed by atoms with E-state index < -0.39 is 0 Å². The summed E-state index contributed by atoms with van der Waals surface area (Å²) < 4.78 is 5.26. The van der Waals surface area contributed by atoms with Crippen LogP contribution in [-0.2, 0) is 0 Å². The van der Waals surface area contributed by atoms with Crippen LogP contribution in [0.3, 0.4) is 0 Å². The maximum absolute atomic E-state index is 5.26. The topological polar surface area (TPSA) is 38.9 Å². The second-order valence-corrected chi connectivity index (χ2v) is 3.65. The molecule has 0 amide bonds. The van der Waals surface area contributed by atoms with Crippen molar-refractivity contribution in [3.63, 3.8) is 0 Å². The minimum absolute atomic E-state index is 0.492. The van der Waals surface area contributed by atoms with Gasteiger partial charge in [-0.3, -0.25) is 0 Å². The van der Waals surface area contributed by atoms with Crippen LogP contribution in [-0.4, -0.2) is 10.1 Å². The number of rotatable bonds is 4. The molecule has 0 saturated heterocycles. The molecule has 0 aliphatic rings. The summed E-state index contributed by atoms with van der Waals surface area (Å²) in [7, 11) is 0. The summed E-state index contributed by atoms with van der Waals surface area (Å²) in [6.07, 6.45) is 7.36. The first-order valence-corrected chi connectivity index (χ1v) is 5.70. The van der Waals surface area contributed by atoms with E-state index in [-0.39, 0.29) is 0 Å². The molecule has 0 atom stereocenters. The molecule has 0 N–H and O–H groups in total. The lowest BCUT2D eigenvalue weighted by molar-refractivity contribution is 0.409. The first kappa shape index (κ1) is 12.0. The first-order valence-electron chi connectivity index (χ1n) is 5.70. The Hall–Kier alpha value is -2.42. The molecule has 0 spiro atoms. The maximum atomic E-state index is 5.26. The van der Waals surface area contributed by atoms with Gasteiger partial charge in [-0.2, -0.15) is 4.98 Å². The standard InChI is InChI=1S/C15H14N2O/c1-3-8-13(9-4-2)15-16-14(17-18-15)12-10-6-5-7-11-12/h3-11H,1H2,2H3/b9-4-,13-8+. The average molecular weight is 238 g/mol. The summed E-state index contributed by atoms with van der Waals surface area (Å²) in [6.45, 7) is 5.61. The molecule has 0 radical (unpaired) electrons. The maximum Gasteiger partial charge on any atom is 0.258 e. The van der Waals surface area contributed by atoms with Crippen molar-refractivity contribution in [3.05, 3.63) is 67.1 Å². The number of hydrogen-bond donors (Lipinski definition) is 0. The van der Waals surface area contributed by atoms with Crippen molar-refractivity contribution >= 4 is 5.57 Å². The van der Waals surface area contributed by atoms with Crippen LogP contribution in [0.2, 0.25) is 0 Å². The lowest BCUT2D eigenvalue weighted by Gasteiger charge is -1.92. The molecule has 0 fully saturated rings. The van der Waals surface area contributed by atoms with Crippen molar-refractivity contribution in [1.29, 1.82) is 0 Å². The molecular formula is C15H14N2O. The van der Waals surface area contributed by atoms with Crippen LogP contribution in [0, 0.1) is 0 Å². The Labute approximate surface area is 106 Å². The SMILES string of the molecule is C=C/C=C(\C=C/C)c1nc(-c2ccccc2)no1. The van der Waals surface area contributed by atoms with Gasteiger partial charge in [0.25, 0.3) is 5.89 Å². The molecule has 0 unspecified atom stereocenters. The molecule has 1 heterocycles. The van der Waals surface area contributed by atoms with Crippen LogP contribution in [0.4, 0.5) is 0 Å². The van der Waals surface area contributed by atoms with E-state index in [4.69, 9.17) is 4.52 Å². The molecular weight excluding hydrogens is 224 g/mol. The van der Waals surface area contributed by atoms with E-state index in [1.165, 1.54) is 0 Å². The van der Waals surface area contributed by atoms with Crippen LogP contribution in [0.15, 0.2) is 65.7 Å². The van der Waals surface area contributed by atoms with Gasteiger partial charge in [-0.25, -0.2) is 0 Å². The molecule has 2 rings (SSSR count). The van der Waals surface area contributed by atoms with Crippen molar-refractivity contribution in [2.45, 2.75) is 6.92 Å². The number of benzene rings is 1. The number of hydrogen-bond acceptors (Lipinski definition) is 3. The minimum Gasteiger partial charge on any atom is -0.334 e. The first-order chi connectivity index (χ1) is 8.85. The molecule has 3 heteroatoms. The summed E-state index contributed by atoms with van der Waals surface area (Å²) in [5.41, 5.74) is 1.79. The van der Waals surface area contributed by atoms with Crippen LogP contribution in [0.5, 0.6) is 0 Å². The van der Waals surface area contributed by atoms with Crippen molar-refractivity contribution in [1.82, 2.24) is 10.1 Å². The fourth-order valence-corrected chi connectivity index (χ4v) is 1.55. The highest BCUT2D eigenvalue weighted by atomic mass is 16.5. The Kier molecular flexibility index (Phi) is 3.86. The Bertz CT molecular complexity index is 580. The number of allylic oxidation sites excluding steroid dienone is 5. The second-order valence-electron chi connectivity index (χ2n) is 3.65. The van der Waals surface area contributed by atoms with E-state index in [0.717, 1.165) is 11.1 Å². The van der Waals surface area contributed by atoms with Crippen molar-refractivity contribution in [3.8, 4) is 11.4 Å². The molecule has 0 aliphatic carbocycles. The average Bonchev–Trinajstić information content (AvgIpc) is 2.89. The van der Waals surface area contributed by atoms with Gasteiger partial charge in [0.1, 0.15) is 0 Å². The third-order valence-electron chi connectivity index (χ3n) is 2.35. The van der Waals surface area contributed by atoms with Gasteiger partial charge in [-0.05, 0) is 6.92 Å². The molecule has 2 aromatic rings. The van der Waals surface area contributed by atoms with Gasteiger partial charge < -0.3 is 4.52 Å². The van der Waals surface area contributed by atoms with Crippen LogP contribution < -0.4 is 0 Å². The molecule has 1 aromatic heterocycles. The van der Waals surface area contributed by atoms with Gasteiger partial charge in [-0.1, -0.05) is 66.4 Å². The Balaban J connectivity index is 2.36. The van der Waals surface area contributed by atoms with Crippen LogP contribution in [0.25, 0.3) is 17.0 Å². The fraction of sp³-hybridized carbons (Fsp3) is 0.0667. The van der Waals surface area contributed by atoms with Gasteiger partial charge in [-0.15, -0.1) is 0 Å². The highest BCUT2D eigenvalue weighted by Gasteiger charge is 2.09. The van der Waals surface area contributed by atoms with E-state index in [1.54, 1.807) is 6.08 Å². The summed E-state index contributed by atoms with van der Waals surface area (Å²) in [5, 5.41) is 3.98. The Morgan fingerprint density at radius 1 is 1.28 bits per heavy atom. The van der Waals surface area contributed by atoms with E-state index in [1.807, 2.05) is 55.5 Å². The normalized spacial score (nSPS) is 11.9. The molecule has 0 aliphatic heterocycles. The van der Waals surface area contributed by atoms with Gasteiger partial charge in [0.15, 0.2) is 0 Å². The van der Waals surface area contributed by atoms with Gasteiger partial charge >= 0.3 is 0 Å². The number of nitrogens with zero attached hydrogens (tertiary/aromatic N) is 2. The zero-order valence-electron chi connectivity index (χ0n) is 10.2. The zero-order valence-corrected chi connectivity index (χ0v) is 10.2. The summed E-state index contributed by atoms with van der Waals surface area (Å²) in [5.74, 6) is 1.08. The van der Waals surface area contributed by atoms with Crippen molar-refractivity contribution in [2.24, 2.45) is 0 Å². The van der Waals surface area contributed by atoms with Gasteiger partial charge in [0, 0.05) is 11.1 Å². The fourth-order valence-electron chi connectivity index (χ4n) is 1.55. The van der Waals surface area contributed by atoms with Crippen LogP contribution in [0.1, 0.15) is 12.8 Å². The van der Waals surface area contributed by atoms with Crippen molar-refractivity contribution in [2.75, 3.05) is 0 Å². The van der Waals surface area contributed by atoms with E-state index >= 15 is 0 Å². The monoisotopic (exact) mass is 238 g/mol. The molecule has 1 aromatic carbocycles. The van der Waals surface area contributed by atoms with Crippen LogP contribution >= 0.6 is 0 Å². The Morgan fingerprint density at radius 3 is 2.72 bits per heavy atom. The predicted molar refractivity (Wildman–Crippen MR) is 72.7 cm³/mol. The highest BCUT2D eigenvalue weighted by molar-refractivity contribution is 5.70. The number of aromatic nitrogens is 2. The molecule has 90 valence electrons. The zero-order chi connectivity index (χ0) is 12.8. The molecule has 18 heavy (non-hydrogen) atoms. The molecule has 0 saturated carbocycles. The van der Waals surface area contributed by atoms with E-state index in [2.05, 4.69) is 16.7 Å². The third kappa shape index (κ3) is 2.63. The largest absolute Gasteiger partial charge is 0.334 e. The highest BCUT2D eigenvalue weighted by Crippen LogP contribution is 2.19. The molecule has 0 bridgehead atoms. The Morgan fingerprint density at radius 2 is 2.06 bits per heavy atom. The lowest BCUT2D eigenvalue weighted by Crippen LogP contribution is -1.82. The van der Waals surface area contributed by atoms with Crippen molar-refractivity contribution < 1.29 is 4.52 Å². The van der Waals surface area contributed by atoms with Gasteiger partial charge in [0.2, 0.25) is 5.82 Å². The second kappa shape index (κ2) is 5.77. The van der Waals surface area contributed by atoms with Gasteiger partial charge in [0.05, 0.1) is 0 Å². The smallest absolute Gasteiger partial charge is 0.258 e. The molecule has 3 nitrogen and oxygen atoms in total. The summed E-state index contributed by atoms with van der Waals surface area (Å²) >= 11 is 0. The van der Waals surface area contributed by atoms with E-state index in [0.29, 0.717) is 11.7 Å². The minimum atomic E-state index is 0.492. The quantitative estimate of drug-likeness (QED) is 0.759. The summed E-state index contributed by atoms with van der Waals surface area (Å²) in [6, 6.07) is 9.73. The third-order valence-corrected chi connectivity index (χ3v) is 2.35. The lowest BCUT2D eigenvalue weighted by atomic mass is 10.2.